The molecule has 1 nitrogen and oxygen atoms in total. The first-order valence-corrected chi connectivity index (χ1v) is 5.60. The van der Waals surface area contributed by atoms with Gasteiger partial charge in [0.1, 0.15) is 0 Å². The standard InChI is InChI=1S/C11H13Cl2N/c1-8-2-3-14(8)7-9-4-10(12)6-11(13)5-9/h4-6,8H,2-3,7H2,1H3/t8-/m1/s1. The summed E-state index contributed by atoms with van der Waals surface area (Å²) in [6, 6.07) is 6.44. The Morgan fingerprint density at radius 2 is 1.93 bits per heavy atom. The summed E-state index contributed by atoms with van der Waals surface area (Å²) < 4.78 is 0. The molecule has 0 radical (unpaired) electrons. The fraction of sp³-hybridized carbons (Fsp3) is 0.455. The van der Waals surface area contributed by atoms with Crippen LogP contribution >= 0.6 is 23.2 Å². The Morgan fingerprint density at radius 1 is 1.29 bits per heavy atom. The summed E-state index contributed by atoms with van der Waals surface area (Å²) in [5, 5.41) is 1.45. The molecule has 0 aliphatic carbocycles. The Balaban J connectivity index is 2.08. The highest BCUT2D eigenvalue weighted by Crippen LogP contribution is 2.24. The largest absolute Gasteiger partial charge is 0.296 e. The summed E-state index contributed by atoms with van der Waals surface area (Å²) in [7, 11) is 0. The minimum Gasteiger partial charge on any atom is -0.296 e. The van der Waals surface area contributed by atoms with Gasteiger partial charge >= 0.3 is 0 Å². The van der Waals surface area contributed by atoms with Gasteiger partial charge in [-0.25, -0.2) is 0 Å². The lowest BCUT2D eigenvalue weighted by atomic mass is 10.0. The molecule has 76 valence electrons. The van der Waals surface area contributed by atoms with Gasteiger partial charge in [-0.05, 0) is 37.1 Å². The van der Waals surface area contributed by atoms with Crippen LogP contribution in [-0.2, 0) is 6.54 Å². The van der Waals surface area contributed by atoms with Crippen LogP contribution in [0.3, 0.4) is 0 Å². The number of benzene rings is 1. The maximum Gasteiger partial charge on any atom is 0.0424 e. The molecule has 1 aliphatic heterocycles. The van der Waals surface area contributed by atoms with Crippen LogP contribution in [0.4, 0.5) is 0 Å². The van der Waals surface area contributed by atoms with E-state index in [0.717, 1.165) is 16.6 Å². The first-order valence-electron chi connectivity index (χ1n) is 4.84. The van der Waals surface area contributed by atoms with Gasteiger partial charge in [0.2, 0.25) is 0 Å². The summed E-state index contributed by atoms with van der Waals surface area (Å²) in [6.07, 6.45) is 1.30. The molecule has 14 heavy (non-hydrogen) atoms. The fourth-order valence-electron chi connectivity index (χ4n) is 1.74. The van der Waals surface area contributed by atoms with E-state index in [0.29, 0.717) is 6.04 Å². The number of rotatable bonds is 2. The molecule has 0 spiro atoms. The minimum absolute atomic E-state index is 0.702. The SMILES string of the molecule is C[C@@H]1CCN1Cc1cc(Cl)cc(Cl)c1. The number of hydrogen-bond acceptors (Lipinski definition) is 1. The predicted octanol–water partition coefficient (Wildman–Crippen LogP) is 3.59. The molecular weight excluding hydrogens is 217 g/mol. The van der Waals surface area contributed by atoms with Gasteiger partial charge in [0.25, 0.3) is 0 Å². The Bertz CT molecular complexity index is 318. The van der Waals surface area contributed by atoms with Crippen LogP contribution in [0.2, 0.25) is 10.0 Å². The molecular formula is C11H13Cl2N. The van der Waals surface area contributed by atoms with Crippen LogP contribution in [-0.4, -0.2) is 17.5 Å². The first-order chi connectivity index (χ1) is 6.65. The number of hydrogen-bond donors (Lipinski definition) is 0. The quantitative estimate of drug-likeness (QED) is 0.750. The monoisotopic (exact) mass is 229 g/mol. The zero-order chi connectivity index (χ0) is 10.1. The third-order valence-electron chi connectivity index (χ3n) is 2.77. The van der Waals surface area contributed by atoms with Crippen LogP contribution in [0.5, 0.6) is 0 Å². The van der Waals surface area contributed by atoms with Gasteiger partial charge in [0.05, 0.1) is 0 Å². The Morgan fingerprint density at radius 3 is 2.36 bits per heavy atom. The van der Waals surface area contributed by atoms with Gasteiger partial charge in [-0.15, -0.1) is 0 Å². The molecule has 0 bridgehead atoms. The van der Waals surface area contributed by atoms with Crippen molar-refractivity contribution < 1.29 is 0 Å². The Kier molecular flexibility index (Phi) is 3.01. The molecule has 0 saturated carbocycles. The predicted molar refractivity (Wildman–Crippen MR) is 61.0 cm³/mol. The van der Waals surface area contributed by atoms with Crippen LogP contribution < -0.4 is 0 Å². The molecule has 1 aliphatic rings. The topological polar surface area (TPSA) is 3.24 Å². The van der Waals surface area contributed by atoms with Gasteiger partial charge in [0, 0.05) is 29.2 Å². The van der Waals surface area contributed by atoms with Crippen molar-refractivity contribution in [3.63, 3.8) is 0 Å². The van der Waals surface area contributed by atoms with Gasteiger partial charge in [-0.2, -0.15) is 0 Å². The summed E-state index contributed by atoms with van der Waals surface area (Å²) in [5.41, 5.74) is 1.20. The van der Waals surface area contributed by atoms with Gasteiger partial charge in [0.15, 0.2) is 0 Å². The Labute approximate surface area is 94.6 Å². The lowest BCUT2D eigenvalue weighted by molar-refractivity contribution is 0.0959. The van der Waals surface area contributed by atoms with Crippen molar-refractivity contribution in [1.82, 2.24) is 4.90 Å². The highest BCUT2D eigenvalue weighted by Gasteiger charge is 2.23. The maximum absolute atomic E-state index is 5.93. The highest BCUT2D eigenvalue weighted by molar-refractivity contribution is 6.34. The average Bonchev–Trinajstić information content (AvgIpc) is 2.10. The van der Waals surface area contributed by atoms with E-state index in [9.17, 15) is 0 Å². The summed E-state index contributed by atoms with van der Waals surface area (Å²) >= 11 is 11.9. The van der Waals surface area contributed by atoms with E-state index in [2.05, 4.69) is 11.8 Å². The lowest BCUT2D eigenvalue weighted by Crippen LogP contribution is -2.44. The smallest absolute Gasteiger partial charge is 0.0424 e. The zero-order valence-electron chi connectivity index (χ0n) is 8.13. The molecule has 2 rings (SSSR count). The number of nitrogens with zero attached hydrogens (tertiary/aromatic N) is 1. The van der Waals surface area contributed by atoms with Crippen LogP contribution in [0, 0.1) is 0 Å². The first kappa shape index (κ1) is 10.3. The van der Waals surface area contributed by atoms with Crippen molar-refractivity contribution >= 4 is 23.2 Å². The van der Waals surface area contributed by atoms with Crippen LogP contribution in [0.15, 0.2) is 18.2 Å². The third-order valence-corrected chi connectivity index (χ3v) is 3.20. The second-order valence-electron chi connectivity index (χ2n) is 3.89. The maximum atomic E-state index is 5.93. The van der Waals surface area contributed by atoms with Crippen LogP contribution in [0.1, 0.15) is 18.9 Å². The Hall–Kier alpha value is -0.240. The average molecular weight is 230 g/mol. The number of likely N-dealkylation sites (tertiary alicyclic amines) is 1. The normalized spacial score (nSPS) is 22.1. The van der Waals surface area contributed by atoms with Crippen molar-refractivity contribution in [3.05, 3.63) is 33.8 Å². The van der Waals surface area contributed by atoms with E-state index >= 15 is 0 Å². The van der Waals surface area contributed by atoms with Crippen molar-refractivity contribution in [3.8, 4) is 0 Å². The highest BCUT2D eigenvalue weighted by atomic mass is 35.5. The van der Waals surface area contributed by atoms with Gasteiger partial charge in [-0.3, -0.25) is 4.90 Å². The molecule has 1 heterocycles. The molecule has 3 heteroatoms. The van der Waals surface area contributed by atoms with Crippen molar-refractivity contribution in [2.24, 2.45) is 0 Å². The molecule has 1 fully saturated rings. The second-order valence-corrected chi connectivity index (χ2v) is 4.76. The van der Waals surface area contributed by atoms with Gasteiger partial charge in [-0.1, -0.05) is 23.2 Å². The van der Waals surface area contributed by atoms with Crippen molar-refractivity contribution in [2.45, 2.75) is 25.9 Å². The summed E-state index contributed by atoms with van der Waals surface area (Å²) in [4.78, 5) is 2.42. The van der Waals surface area contributed by atoms with Gasteiger partial charge < -0.3 is 0 Å². The van der Waals surface area contributed by atoms with E-state index in [1.54, 1.807) is 6.07 Å². The van der Waals surface area contributed by atoms with E-state index in [1.165, 1.54) is 18.5 Å². The van der Waals surface area contributed by atoms with E-state index in [-0.39, 0.29) is 0 Å². The lowest BCUT2D eigenvalue weighted by Gasteiger charge is -2.38. The molecule has 0 unspecified atom stereocenters. The van der Waals surface area contributed by atoms with E-state index < -0.39 is 0 Å². The molecule has 1 aromatic rings. The van der Waals surface area contributed by atoms with Crippen molar-refractivity contribution in [2.75, 3.05) is 6.54 Å². The molecule has 0 amide bonds. The molecule has 1 atom stereocenters. The summed E-state index contributed by atoms with van der Waals surface area (Å²) in [5.74, 6) is 0. The van der Waals surface area contributed by atoms with Crippen molar-refractivity contribution in [1.29, 1.82) is 0 Å². The van der Waals surface area contributed by atoms with E-state index in [1.807, 2.05) is 12.1 Å². The summed E-state index contributed by atoms with van der Waals surface area (Å²) in [6.45, 7) is 4.39. The molecule has 0 N–H and O–H groups in total. The van der Waals surface area contributed by atoms with Crippen LogP contribution in [0.25, 0.3) is 0 Å². The minimum atomic E-state index is 0.702. The number of halogens is 2. The van der Waals surface area contributed by atoms with E-state index in [4.69, 9.17) is 23.2 Å². The zero-order valence-corrected chi connectivity index (χ0v) is 9.65. The second kappa shape index (κ2) is 4.09. The molecule has 1 saturated heterocycles. The fourth-order valence-corrected chi connectivity index (χ4v) is 2.31. The third kappa shape index (κ3) is 2.22. The molecule has 1 aromatic carbocycles. The molecule has 0 aromatic heterocycles.